The third-order valence-corrected chi connectivity index (χ3v) is 3.47. The predicted octanol–water partition coefficient (Wildman–Crippen LogP) is 2.73. The van der Waals surface area contributed by atoms with Gasteiger partial charge in [0.2, 0.25) is 5.91 Å². The van der Waals surface area contributed by atoms with Crippen molar-refractivity contribution in [1.29, 1.82) is 0 Å². The Labute approximate surface area is 175 Å². The summed E-state index contributed by atoms with van der Waals surface area (Å²) < 4.78 is 0. The lowest BCUT2D eigenvalue weighted by atomic mass is 10.1. The number of guanidine groups is 1. The van der Waals surface area contributed by atoms with Crippen LogP contribution in [0.5, 0.6) is 0 Å². The van der Waals surface area contributed by atoms with Gasteiger partial charge in [0.1, 0.15) is 6.54 Å². The summed E-state index contributed by atoms with van der Waals surface area (Å²) in [5.41, 5.74) is 0.608. The van der Waals surface area contributed by atoms with Crippen molar-refractivity contribution in [3.8, 4) is 0 Å². The number of carbonyl (C=O) groups excluding carboxylic acids is 1. The molecule has 4 N–H and O–H groups in total. The Morgan fingerprint density at radius 2 is 1.80 bits per heavy atom. The number of nitrogens with one attached hydrogen (secondary N) is 3. The highest BCUT2D eigenvalue weighted by Gasteiger charge is 2.10. The van der Waals surface area contributed by atoms with Gasteiger partial charge in [0, 0.05) is 29.7 Å². The van der Waals surface area contributed by atoms with Crippen molar-refractivity contribution in [3.05, 3.63) is 33.8 Å². The molecule has 142 valence electrons. The Kier molecular flexibility index (Phi) is 13.0. The molecule has 0 fully saturated rings. The van der Waals surface area contributed by atoms with Crippen molar-refractivity contribution in [2.45, 2.75) is 26.4 Å². The molecule has 6 nitrogen and oxygen atoms in total. The number of aliphatic hydroxyl groups excluding tert-OH is 1. The van der Waals surface area contributed by atoms with Gasteiger partial charge in [-0.1, -0.05) is 30.1 Å². The summed E-state index contributed by atoms with van der Waals surface area (Å²) in [7, 11) is 0. The number of nitrogens with zero attached hydrogens (tertiary/aromatic N) is 1. The van der Waals surface area contributed by atoms with Gasteiger partial charge in [-0.05, 0) is 37.1 Å². The number of hydrogen-bond acceptors (Lipinski definition) is 3. The molecule has 0 saturated carbocycles. The average Bonchev–Trinajstić information content (AvgIpc) is 2.54. The number of halogens is 3. The standard InChI is InChI=1S/C16H24Cl2N4O2.HI/c1-3-5-20-15(24)10-22-16(19-4-2)21-9-14(23)11-6-12(17)8-13(18)7-11;/h6-8,14,23H,3-5,9-10H2,1-2H3,(H,20,24)(H2,19,21,22);1H. The first kappa shape index (κ1) is 24.2. The first-order valence-electron chi connectivity index (χ1n) is 7.89. The van der Waals surface area contributed by atoms with Gasteiger partial charge in [0.05, 0.1) is 6.10 Å². The zero-order chi connectivity index (χ0) is 17.9. The average molecular weight is 503 g/mol. The molecule has 1 aromatic rings. The van der Waals surface area contributed by atoms with Gasteiger partial charge in [0.25, 0.3) is 0 Å². The van der Waals surface area contributed by atoms with Crippen LogP contribution in [0.2, 0.25) is 10.0 Å². The van der Waals surface area contributed by atoms with Gasteiger partial charge in [-0.3, -0.25) is 4.79 Å². The largest absolute Gasteiger partial charge is 0.387 e. The van der Waals surface area contributed by atoms with E-state index in [-0.39, 0.29) is 43.0 Å². The van der Waals surface area contributed by atoms with Gasteiger partial charge in [-0.25, -0.2) is 4.99 Å². The van der Waals surface area contributed by atoms with Gasteiger partial charge in [0.15, 0.2) is 5.96 Å². The molecular weight excluding hydrogens is 478 g/mol. The lowest BCUT2D eigenvalue weighted by Gasteiger charge is -2.16. The van der Waals surface area contributed by atoms with Crippen molar-refractivity contribution >= 4 is 59.0 Å². The topological polar surface area (TPSA) is 85.8 Å². The van der Waals surface area contributed by atoms with E-state index in [0.29, 0.717) is 34.7 Å². The fourth-order valence-electron chi connectivity index (χ4n) is 1.89. The fraction of sp³-hybridized carbons (Fsp3) is 0.500. The van der Waals surface area contributed by atoms with Crippen LogP contribution in [0.3, 0.4) is 0 Å². The molecule has 1 unspecified atom stereocenters. The van der Waals surface area contributed by atoms with Crippen LogP contribution in [0.15, 0.2) is 23.2 Å². The summed E-state index contributed by atoms with van der Waals surface area (Å²) in [6, 6.07) is 4.91. The van der Waals surface area contributed by atoms with Crippen LogP contribution in [-0.2, 0) is 4.79 Å². The Bertz CT molecular complexity index is 553. The minimum Gasteiger partial charge on any atom is -0.387 e. The lowest BCUT2D eigenvalue weighted by molar-refractivity contribution is -0.119. The van der Waals surface area contributed by atoms with Crippen molar-refractivity contribution in [1.82, 2.24) is 16.0 Å². The fourth-order valence-corrected chi connectivity index (χ4v) is 2.43. The van der Waals surface area contributed by atoms with E-state index in [2.05, 4.69) is 20.9 Å². The number of carbonyl (C=O) groups is 1. The van der Waals surface area contributed by atoms with Crippen LogP contribution < -0.4 is 16.0 Å². The maximum absolute atomic E-state index is 11.6. The summed E-state index contributed by atoms with van der Waals surface area (Å²) >= 11 is 11.9. The van der Waals surface area contributed by atoms with Gasteiger partial charge in [-0.2, -0.15) is 0 Å². The molecule has 1 atom stereocenters. The number of rotatable bonds is 8. The molecule has 0 spiro atoms. The Morgan fingerprint density at radius 3 is 2.36 bits per heavy atom. The van der Waals surface area contributed by atoms with Gasteiger partial charge in [-0.15, -0.1) is 24.0 Å². The molecule has 0 aliphatic heterocycles. The molecule has 0 aliphatic rings. The van der Waals surface area contributed by atoms with Gasteiger partial charge >= 0.3 is 0 Å². The SMILES string of the molecule is CCCNC(=O)CN=C(NCC)NCC(O)c1cc(Cl)cc(Cl)c1.I. The van der Waals surface area contributed by atoms with Crippen LogP contribution in [-0.4, -0.2) is 43.2 Å². The first-order chi connectivity index (χ1) is 11.5. The molecule has 0 saturated heterocycles. The lowest BCUT2D eigenvalue weighted by Crippen LogP contribution is -2.40. The van der Waals surface area contributed by atoms with E-state index in [1.165, 1.54) is 0 Å². The summed E-state index contributed by atoms with van der Waals surface area (Å²) in [4.78, 5) is 15.8. The molecule has 0 aromatic heterocycles. The van der Waals surface area contributed by atoms with Crippen LogP contribution in [0.25, 0.3) is 0 Å². The molecule has 25 heavy (non-hydrogen) atoms. The monoisotopic (exact) mass is 502 g/mol. The smallest absolute Gasteiger partial charge is 0.241 e. The maximum atomic E-state index is 11.6. The molecule has 9 heteroatoms. The van der Waals surface area contributed by atoms with Crippen molar-refractivity contribution in [2.75, 3.05) is 26.2 Å². The third-order valence-electron chi connectivity index (χ3n) is 3.03. The quantitative estimate of drug-likeness (QED) is 0.250. The van der Waals surface area contributed by atoms with Crippen LogP contribution in [0.4, 0.5) is 0 Å². The van der Waals surface area contributed by atoms with Crippen molar-refractivity contribution in [3.63, 3.8) is 0 Å². The Hall–Kier alpha value is -0.770. The van der Waals surface area contributed by atoms with Gasteiger partial charge < -0.3 is 21.1 Å². The molecule has 0 bridgehead atoms. The predicted molar refractivity (Wildman–Crippen MR) is 114 cm³/mol. The number of aliphatic imine (C=N–C) groups is 1. The van der Waals surface area contributed by atoms with E-state index >= 15 is 0 Å². The highest BCUT2D eigenvalue weighted by atomic mass is 127. The third kappa shape index (κ3) is 10.1. The van der Waals surface area contributed by atoms with E-state index in [1.807, 2.05) is 13.8 Å². The molecule has 1 aromatic carbocycles. The van der Waals surface area contributed by atoms with E-state index in [9.17, 15) is 9.90 Å². The minimum atomic E-state index is -0.807. The zero-order valence-corrected chi connectivity index (χ0v) is 18.2. The van der Waals surface area contributed by atoms with Crippen molar-refractivity contribution in [2.24, 2.45) is 4.99 Å². The minimum absolute atomic E-state index is 0. The number of aliphatic hydroxyl groups is 1. The van der Waals surface area contributed by atoms with E-state index in [0.717, 1.165) is 6.42 Å². The second-order valence-corrected chi connectivity index (χ2v) is 6.02. The van der Waals surface area contributed by atoms with Crippen LogP contribution in [0, 0.1) is 0 Å². The maximum Gasteiger partial charge on any atom is 0.241 e. The van der Waals surface area contributed by atoms with Crippen LogP contribution in [0.1, 0.15) is 31.9 Å². The zero-order valence-electron chi connectivity index (χ0n) is 14.3. The Morgan fingerprint density at radius 1 is 1.16 bits per heavy atom. The summed E-state index contributed by atoms with van der Waals surface area (Å²) in [6.07, 6.45) is 0.0706. The number of amides is 1. The number of hydrogen-bond donors (Lipinski definition) is 4. The van der Waals surface area contributed by atoms with E-state index in [1.54, 1.807) is 18.2 Å². The highest BCUT2D eigenvalue weighted by Crippen LogP contribution is 2.23. The van der Waals surface area contributed by atoms with E-state index in [4.69, 9.17) is 23.2 Å². The molecule has 1 rings (SSSR count). The molecule has 0 radical (unpaired) electrons. The highest BCUT2D eigenvalue weighted by molar-refractivity contribution is 14.0. The van der Waals surface area contributed by atoms with E-state index < -0.39 is 6.10 Å². The van der Waals surface area contributed by atoms with Crippen LogP contribution >= 0.6 is 47.2 Å². The number of benzene rings is 1. The second kappa shape index (κ2) is 13.4. The second-order valence-electron chi connectivity index (χ2n) is 5.14. The summed E-state index contributed by atoms with van der Waals surface area (Å²) in [5, 5.41) is 19.9. The normalized spacial score (nSPS) is 12.1. The molecule has 0 heterocycles. The first-order valence-corrected chi connectivity index (χ1v) is 8.64. The molecule has 0 aliphatic carbocycles. The molecular formula is C16H25Cl2IN4O2. The van der Waals surface area contributed by atoms with Crippen molar-refractivity contribution < 1.29 is 9.90 Å². The summed E-state index contributed by atoms with van der Waals surface area (Å²) in [6.45, 7) is 5.40. The summed E-state index contributed by atoms with van der Waals surface area (Å²) in [5.74, 6) is 0.313. The molecule has 1 amide bonds. The Balaban J connectivity index is 0.00000576.